The zero-order valence-electron chi connectivity index (χ0n) is 10.9. The van der Waals surface area contributed by atoms with Crippen LogP contribution in [0.15, 0.2) is 28.7 Å². The molecule has 0 saturated carbocycles. The van der Waals surface area contributed by atoms with Gasteiger partial charge in [-0.3, -0.25) is 4.79 Å². The largest absolute Gasteiger partial charge is 0.466 e. The first-order chi connectivity index (χ1) is 9.20. The van der Waals surface area contributed by atoms with Gasteiger partial charge in [0.1, 0.15) is 0 Å². The summed E-state index contributed by atoms with van der Waals surface area (Å²) in [6.07, 6.45) is 3.23. The van der Waals surface area contributed by atoms with E-state index in [1.807, 2.05) is 12.1 Å². The highest BCUT2D eigenvalue weighted by molar-refractivity contribution is 9.10. The predicted octanol–water partition coefficient (Wildman–Crippen LogP) is 4.94. The highest BCUT2D eigenvalue weighted by atomic mass is 79.9. The molecule has 0 atom stereocenters. The summed E-state index contributed by atoms with van der Waals surface area (Å²) in [5.41, 5.74) is 0. The summed E-state index contributed by atoms with van der Waals surface area (Å²) < 4.78 is 7.52. The molecule has 0 N–H and O–H groups in total. The molecule has 0 aliphatic heterocycles. The normalized spacial score (nSPS) is 10.8. The van der Waals surface area contributed by atoms with E-state index in [1.165, 1.54) is 15.0 Å². The third kappa shape index (κ3) is 4.05. The van der Waals surface area contributed by atoms with Crippen LogP contribution >= 0.6 is 27.3 Å². The molecule has 102 valence electrons. The summed E-state index contributed by atoms with van der Waals surface area (Å²) in [6.45, 7) is 2.64. The van der Waals surface area contributed by atoms with E-state index < -0.39 is 0 Å². The average molecular weight is 341 g/mol. The van der Waals surface area contributed by atoms with E-state index in [-0.39, 0.29) is 5.97 Å². The van der Waals surface area contributed by atoms with Crippen LogP contribution in [0.5, 0.6) is 0 Å². The molecule has 4 heteroatoms. The van der Waals surface area contributed by atoms with Gasteiger partial charge in [0.2, 0.25) is 0 Å². The number of carbonyl (C=O) groups is 1. The van der Waals surface area contributed by atoms with Gasteiger partial charge in [-0.25, -0.2) is 0 Å². The predicted molar refractivity (Wildman–Crippen MR) is 83.7 cm³/mol. The first-order valence-corrected chi connectivity index (χ1v) is 8.14. The lowest BCUT2D eigenvalue weighted by atomic mass is 10.2. The molecule has 0 amide bonds. The smallest absolute Gasteiger partial charge is 0.306 e. The van der Waals surface area contributed by atoms with Gasteiger partial charge in [-0.2, -0.15) is 0 Å². The lowest BCUT2D eigenvalue weighted by Crippen LogP contribution is -2.06. The first kappa shape index (κ1) is 14.5. The number of aryl methyl sites for hydroxylation is 1. The molecule has 2 nitrogen and oxygen atoms in total. The van der Waals surface area contributed by atoms with Crippen molar-refractivity contribution in [2.24, 2.45) is 0 Å². The zero-order chi connectivity index (χ0) is 13.7. The van der Waals surface area contributed by atoms with Gasteiger partial charge in [-0.1, -0.05) is 35.3 Å². The minimum absolute atomic E-state index is 0.0926. The molecule has 0 aliphatic rings. The summed E-state index contributed by atoms with van der Waals surface area (Å²) in [6, 6.07) is 8.33. The van der Waals surface area contributed by atoms with Crippen LogP contribution in [0, 0.1) is 0 Å². The van der Waals surface area contributed by atoms with Crippen LogP contribution in [0.4, 0.5) is 0 Å². The number of carbonyl (C=O) groups excluding carboxylic acids is 1. The van der Waals surface area contributed by atoms with Crippen LogP contribution in [0.1, 0.15) is 31.1 Å². The second kappa shape index (κ2) is 7.06. The highest BCUT2D eigenvalue weighted by Crippen LogP contribution is 2.31. The lowest BCUT2D eigenvalue weighted by molar-refractivity contribution is -0.143. The van der Waals surface area contributed by atoms with Crippen molar-refractivity contribution in [3.63, 3.8) is 0 Å². The Morgan fingerprint density at radius 1 is 1.42 bits per heavy atom. The number of ether oxygens (including phenoxy) is 1. The van der Waals surface area contributed by atoms with E-state index >= 15 is 0 Å². The molecule has 1 heterocycles. The van der Waals surface area contributed by atoms with E-state index in [1.54, 1.807) is 11.3 Å². The van der Waals surface area contributed by atoms with Gasteiger partial charge in [0.25, 0.3) is 0 Å². The number of esters is 1. The molecule has 0 radical (unpaired) electrons. The minimum atomic E-state index is -0.0926. The molecule has 2 aromatic rings. The van der Waals surface area contributed by atoms with E-state index in [2.05, 4.69) is 35.0 Å². The molecular weight excluding hydrogens is 324 g/mol. The molecule has 0 unspecified atom stereocenters. The maximum absolute atomic E-state index is 11.5. The molecule has 0 saturated heterocycles. The number of halogens is 1. The quantitative estimate of drug-likeness (QED) is 0.549. The summed E-state index contributed by atoms with van der Waals surface area (Å²) in [7, 11) is 0. The Bertz CT molecular complexity index is 562. The van der Waals surface area contributed by atoms with Crippen LogP contribution in [-0.2, 0) is 16.0 Å². The Labute approximate surface area is 125 Å². The lowest BCUT2D eigenvalue weighted by Gasteiger charge is -2.02. The molecule has 0 aliphatic carbocycles. The summed E-state index contributed by atoms with van der Waals surface area (Å²) in [5.74, 6) is -0.0926. The fourth-order valence-corrected chi connectivity index (χ4v) is 3.53. The summed E-state index contributed by atoms with van der Waals surface area (Å²) >= 11 is 5.29. The first-order valence-electron chi connectivity index (χ1n) is 6.53. The summed E-state index contributed by atoms with van der Waals surface area (Å²) in [4.78, 5) is 12.8. The SMILES string of the molecule is CCCCOC(=O)CCc1cc2c(Br)cccc2s1. The number of fused-ring (bicyclic) bond motifs is 1. The number of thiophene rings is 1. The molecule has 1 aromatic heterocycles. The van der Waals surface area contributed by atoms with Gasteiger partial charge in [-0.15, -0.1) is 11.3 Å². The third-order valence-electron chi connectivity index (χ3n) is 2.90. The maximum Gasteiger partial charge on any atom is 0.306 e. The molecule has 0 fully saturated rings. The minimum Gasteiger partial charge on any atom is -0.466 e. The van der Waals surface area contributed by atoms with Gasteiger partial charge in [0.15, 0.2) is 0 Å². The van der Waals surface area contributed by atoms with Crippen molar-refractivity contribution in [2.45, 2.75) is 32.6 Å². The van der Waals surface area contributed by atoms with Crippen molar-refractivity contribution in [1.82, 2.24) is 0 Å². The molecular formula is C15H17BrO2S. The van der Waals surface area contributed by atoms with Gasteiger partial charge in [-0.05, 0) is 31.0 Å². The van der Waals surface area contributed by atoms with Gasteiger partial charge in [0.05, 0.1) is 13.0 Å². The average Bonchev–Trinajstić information content (AvgIpc) is 2.81. The molecule has 19 heavy (non-hydrogen) atoms. The second-order valence-electron chi connectivity index (χ2n) is 4.44. The molecule has 2 rings (SSSR count). The molecule has 1 aromatic carbocycles. The van der Waals surface area contributed by atoms with Crippen LogP contribution in [0.2, 0.25) is 0 Å². The Morgan fingerprint density at radius 3 is 3.00 bits per heavy atom. The van der Waals surface area contributed by atoms with Crippen molar-refractivity contribution in [3.05, 3.63) is 33.6 Å². The molecule has 0 spiro atoms. The number of benzene rings is 1. The topological polar surface area (TPSA) is 26.3 Å². The van der Waals surface area contributed by atoms with E-state index in [0.717, 1.165) is 23.7 Å². The van der Waals surface area contributed by atoms with E-state index in [0.29, 0.717) is 13.0 Å². The Morgan fingerprint density at radius 2 is 2.26 bits per heavy atom. The Balaban J connectivity index is 1.91. The number of hydrogen-bond acceptors (Lipinski definition) is 3. The van der Waals surface area contributed by atoms with Crippen molar-refractivity contribution in [3.8, 4) is 0 Å². The number of hydrogen-bond donors (Lipinski definition) is 0. The van der Waals surface area contributed by atoms with Crippen molar-refractivity contribution >= 4 is 43.3 Å². The van der Waals surface area contributed by atoms with Crippen molar-refractivity contribution < 1.29 is 9.53 Å². The fraction of sp³-hybridized carbons (Fsp3) is 0.400. The molecule has 0 bridgehead atoms. The van der Waals surface area contributed by atoms with Crippen molar-refractivity contribution in [2.75, 3.05) is 6.61 Å². The van der Waals surface area contributed by atoms with Crippen LogP contribution < -0.4 is 0 Å². The Hall–Kier alpha value is -0.870. The van der Waals surface area contributed by atoms with Crippen LogP contribution in [-0.4, -0.2) is 12.6 Å². The van der Waals surface area contributed by atoms with E-state index in [9.17, 15) is 4.79 Å². The Kier molecular flexibility index (Phi) is 5.40. The standard InChI is InChI=1S/C15H17BrO2S/c1-2-3-9-18-15(17)8-7-11-10-12-13(16)5-4-6-14(12)19-11/h4-6,10H,2-3,7-9H2,1H3. The van der Waals surface area contributed by atoms with Gasteiger partial charge >= 0.3 is 5.97 Å². The van der Waals surface area contributed by atoms with Crippen molar-refractivity contribution in [1.29, 1.82) is 0 Å². The third-order valence-corrected chi connectivity index (χ3v) is 4.75. The number of unbranched alkanes of at least 4 members (excludes halogenated alkanes) is 1. The summed E-state index contributed by atoms with van der Waals surface area (Å²) in [5, 5.41) is 1.22. The maximum atomic E-state index is 11.5. The second-order valence-corrected chi connectivity index (χ2v) is 6.46. The number of rotatable bonds is 6. The van der Waals surface area contributed by atoms with Crippen LogP contribution in [0.3, 0.4) is 0 Å². The van der Waals surface area contributed by atoms with Gasteiger partial charge < -0.3 is 4.74 Å². The zero-order valence-corrected chi connectivity index (χ0v) is 13.4. The van der Waals surface area contributed by atoms with Crippen LogP contribution in [0.25, 0.3) is 10.1 Å². The fourth-order valence-electron chi connectivity index (χ4n) is 1.83. The highest BCUT2D eigenvalue weighted by Gasteiger charge is 2.08. The van der Waals surface area contributed by atoms with Gasteiger partial charge in [0, 0.05) is 19.4 Å². The van der Waals surface area contributed by atoms with E-state index in [4.69, 9.17) is 4.74 Å². The monoisotopic (exact) mass is 340 g/mol.